The number of aromatic nitrogens is 3. The van der Waals surface area contributed by atoms with Crippen molar-refractivity contribution in [1.82, 2.24) is 14.7 Å². The molecule has 0 bridgehead atoms. The first kappa shape index (κ1) is 16.2. The van der Waals surface area contributed by atoms with Crippen molar-refractivity contribution >= 4 is 11.4 Å². The van der Waals surface area contributed by atoms with Gasteiger partial charge in [-0.2, -0.15) is 8.97 Å². The maximum absolute atomic E-state index is 13.0. The highest BCUT2D eigenvalue weighted by Crippen LogP contribution is 2.19. The van der Waals surface area contributed by atoms with Crippen LogP contribution >= 0.6 is 0 Å². The largest absolute Gasteiger partial charge is 0.358 e. The molecule has 5 nitrogen and oxygen atoms in total. The van der Waals surface area contributed by atoms with Gasteiger partial charge in [0.25, 0.3) is 0 Å². The number of carbonyl (C=O) groups excluding carboxylic acids is 1. The Morgan fingerprint density at radius 1 is 1.21 bits per heavy atom. The Balaban J connectivity index is 2.10. The molecule has 1 amide bonds. The van der Waals surface area contributed by atoms with Gasteiger partial charge in [0.15, 0.2) is 5.52 Å². The van der Waals surface area contributed by atoms with Crippen molar-refractivity contribution in [1.29, 1.82) is 0 Å². The molecule has 124 valence electrons. The van der Waals surface area contributed by atoms with Gasteiger partial charge in [-0.3, -0.25) is 9.78 Å². The van der Waals surface area contributed by atoms with Crippen LogP contribution in [0.15, 0.2) is 55.1 Å². The van der Waals surface area contributed by atoms with Crippen molar-refractivity contribution in [2.24, 2.45) is 5.41 Å². The smallest absolute Gasteiger partial charge is 0.343 e. The molecule has 0 saturated carbocycles. The van der Waals surface area contributed by atoms with Crippen LogP contribution in [0, 0.1) is 5.41 Å². The highest BCUT2D eigenvalue weighted by Gasteiger charge is 2.30. The minimum absolute atomic E-state index is 0.00970. The number of carbonyl (C=O) groups is 1. The van der Waals surface area contributed by atoms with Crippen LogP contribution in [0.4, 0.5) is 0 Å². The van der Waals surface area contributed by atoms with Crippen molar-refractivity contribution in [2.45, 2.75) is 33.7 Å². The van der Waals surface area contributed by atoms with E-state index in [0.29, 0.717) is 5.82 Å². The van der Waals surface area contributed by atoms with E-state index in [-0.39, 0.29) is 17.4 Å². The lowest BCUT2D eigenvalue weighted by molar-refractivity contribution is -0.596. The zero-order valence-corrected chi connectivity index (χ0v) is 14.5. The Hall–Kier alpha value is -2.69. The lowest BCUT2D eigenvalue weighted by atomic mass is 9.88. The Morgan fingerprint density at radius 2 is 1.92 bits per heavy atom. The van der Waals surface area contributed by atoms with Crippen molar-refractivity contribution in [3.63, 3.8) is 0 Å². The Labute approximate surface area is 142 Å². The van der Waals surface area contributed by atoms with Gasteiger partial charge in [-0.1, -0.05) is 26.8 Å². The first-order valence-electron chi connectivity index (χ1n) is 8.11. The Bertz CT molecular complexity index is 862. The zero-order valence-electron chi connectivity index (χ0n) is 14.5. The first-order valence-corrected chi connectivity index (χ1v) is 8.11. The molecule has 0 aromatic carbocycles. The van der Waals surface area contributed by atoms with E-state index in [2.05, 4.69) is 31.1 Å². The molecule has 0 fully saturated rings. The summed E-state index contributed by atoms with van der Waals surface area (Å²) >= 11 is 0. The summed E-state index contributed by atoms with van der Waals surface area (Å²) in [6.07, 6.45) is 7.32. The normalized spacial score (nSPS) is 13.0. The molecule has 0 aliphatic carbocycles. The van der Waals surface area contributed by atoms with Gasteiger partial charge in [0, 0.05) is 30.6 Å². The molecule has 0 aliphatic rings. The molecule has 0 aliphatic heterocycles. The summed E-state index contributed by atoms with van der Waals surface area (Å²) < 4.78 is 3.81. The fourth-order valence-electron chi connectivity index (χ4n) is 2.46. The summed E-state index contributed by atoms with van der Waals surface area (Å²) in [5.41, 5.74) is 1.86. The molecule has 24 heavy (non-hydrogen) atoms. The second kappa shape index (κ2) is 6.07. The predicted octanol–water partition coefficient (Wildman–Crippen LogP) is 2.78. The minimum Gasteiger partial charge on any atom is -0.343 e. The van der Waals surface area contributed by atoms with Crippen molar-refractivity contribution in [2.75, 3.05) is 0 Å². The van der Waals surface area contributed by atoms with Crippen LogP contribution in [0.1, 0.15) is 38.3 Å². The number of hydrogen-bond donors (Lipinski definition) is 1. The summed E-state index contributed by atoms with van der Waals surface area (Å²) in [6.45, 7) is 8.38. The molecule has 3 aromatic rings. The van der Waals surface area contributed by atoms with Gasteiger partial charge in [-0.25, -0.2) is 0 Å². The first-order chi connectivity index (χ1) is 11.4. The third-order valence-electron chi connectivity index (χ3n) is 4.40. The van der Waals surface area contributed by atoms with E-state index in [0.717, 1.165) is 11.2 Å². The lowest BCUT2D eigenvalue weighted by Crippen LogP contribution is -2.47. The highest BCUT2D eigenvalue weighted by molar-refractivity contribution is 5.90. The van der Waals surface area contributed by atoms with Gasteiger partial charge in [-0.05, 0) is 24.5 Å². The zero-order chi connectivity index (χ0) is 17.3. The minimum atomic E-state index is -0.0968. The van der Waals surface area contributed by atoms with Crippen LogP contribution in [0.2, 0.25) is 0 Å². The quantitative estimate of drug-likeness (QED) is 0.754. The van der Waals surface area contributed by atoms with Crippen molar-refractivity contribution in [3.05, 3.63) is 60.9 Å². The third kappa shape index (κ3) is 3.02. The number of nitrogens with one attached hydrogen (secondary N) is 1. The van der Waals surface area contributed by atoms with Gasteiger partial charge in [0.05, 0.1) is 6.20 Å². The van der Waals surface area contributed by atoms with Crippen LogP contribution in [0.25, 0.3) is 11.2 Å². The number of hydrogen-bond acceptors (Lipinski definition) is 2. The molecule has 1 unspecified atom stereocenters. The van der Waals surface area contributed by atoms with E-state index in [1.54, 1.807) is 12.4 Å². The molecule has 3 aromatic heterocycles. The van der Waals surface area contributed by atoms with Crippen molar-refractivity contribution in [3.8, 4) is 5.69 Å². The predicted molar refractivity (Wildman–Crippen MR) is 93.1 cm³/mol. The Kier molecular flexibility index (Phi) is 4.09. The standard InChI is InChI=1S/C19H22N4O/c1-14(19(2,3)4)21-17(24)18-22-12-6-5-7-16(22)13-23(18)15-8-10-20-11-9-15/h5-14H,1-4H3/p+1. The fourth-order valence-corrected chi connectivity index (χ4v) is 2.46. The van der Waals surface area contributed by atoms with Crippen LogP contribution in [-0.4, -0.2) is 21.3 Å². The molecule has 0 saturated heterocycles. The van der Waals surface area contributed by atoms with Crippen LogP contribution < -0.4 is 9.88 Å². The van der Waals surface area contributed by atoms with Crippen LogP contribution in [0.3, 0.4) is 0 Å². The SMILES string of the molecule is CC(NC(=O)c1n2ccccc2c[n+]1-c1ccncc1)C(C)(C)C. The molecular weight excluding hydrogens is 300 g/mol. The number of pyridine rings is 2. The fraction of sp³-hybridized carbons (Fsp3) is 0.316. The van der Waals surface area contributed by atoms with Crippen LogP contribution in [0.5, 0.6) is 0 Å². The molecule has 1 atom stereocenters. The van der Waals surface area contributed by atoms with Gasteiger partial charge in [0.1, 0.15) is 11.9 Å². The molecular formula is C19H23N4O+. The number of fused-ring (bicyclic) bond motifs is 1. The van der Waals surface area contributed by atoms with Gasteiger partial charge in [0.2, 0.25) is 0 Å². The monoisotopic (exact) mass is 323 g/mol. The van der Waals surface area contributed by atoms with Crippen molar-refractivity contribution < 1.29 is 9.36 Å². The molecule has 0 spiro atoms. The average molecular weight is 323 g/mol. The summed E-state index contributed by atoms with van der Waals surface area (Å²) in [5, 5.41) is 3.13. The number of nitrogens with zero attached hydrogens (tertiary/aromatic N) is 3. The van der Waals surface area contributed by atoms with E-state index in [1.165, 1.54) is 0 Å². The molecule has 3 rings (SSSR count). The summed E-state index contributed by atoms with van der Waals surface area (Å²) in [4.78, 5) is 17.1. The van der Waals surface area contributed by atoms with Crippen LogP contribution in [-0.2, 0) is 0 Å². The maximum atomic E-state index is 13.0. The average Bonchev–Trinajstić information content (AvgIpc) is 2.94. The number of imidazole rings is 1. The molecule has 5 heteroatoms. The topological polar surface area (TPSA) is 50.3 Å². The van der Waals surface area contributed by atoms with E-state index in [4.69, 9.17) is 0 Å². The van der Waals surface area contributed by atoms with Gasteiger partial charge in [-0.15, -0.1) is 0 Å². The third-order valence-corrected chi connectivity index (χ3v) is 4.40. The number of amides is 1. The van der Waals surface area contributed by atoms with E-state index in [1.807, 2.05) is 58.6 Å². The van der Waals surface area contributed by atoms with E-state index in [9.17, 15) is 4.79 Å². The summed E-state index contributed by atoms with van der Waals surface area (Å²) in [5.74, 6) is 0.480. The maximum Gasteiger partial charge on any atom is 0.358 e. The summed E-state index contributed by atoms with van der Waals surface area (Å²) in [6, 6.07) is 9.71. The van der Waals surface area contributed by atoms with E-state index < -0.39 is 0 Å². The molecule has 1 N–H and O–H groups in total. The Morgan fingerprint density at radius 3 is 2.58 bits per heavy atom. The summed E-state index contributed by atoms with van der Waals surface area (Å²) in [7, 11) is 0. The lowest BCUT2D eigenvalue weighted by Gasteiger charge is -2.27. The second-order valence-electron chi connectivity index (χ2n) is 7.08. The van der Waals surface area contributed by atoms with Gasteiger partial charge >= 0.3 is 11.7 Å². The highest BCUT2D eigenvalue weighted by atomic mass is 16.2. The van der Waals surface area contributed by atoms with E-state index >= 15 is 0 Å². The molecule has 3 heterocycles. The molecule has 0 radical (unpaired) electrons. The number of rotatable bonds is 3. The second-order valence-corrected chi connectivity index (χ2v) is 7.08. The van der Waals surface area contributed by atoms with Gasteiger partial charge < -0.3 is 5.32 Å².